The summed E-state index contributed by atoms with van der Waals surface area (Å²) in [6.07, 6.45) is 5.55. The highest BCUT2D eigenvalue weighted by atomic mass is 15.1. The third-order valence-corrected chi connectivity index (χ3v) is 3.95. The molecule has 96 valence electrons. The molecule has 1 unspecified atom stereocenters. The standard InChI is InChI=1S/C13H29N3/c1-3-16(4-2)10-9-15-13(11-14)12-7-5-6-8-12/h12-13,15H,3-11,14H2,1-2H3. The van der Waals surface area contributed by atoms with Crippen LogP contribution >= 0.6 is 0 Å². The first-order valence-electron chi connectivity index (χ1n) is 6.97. The number of hydrogen-bond acceptors (Lipinski definition) is 3. The fraction of sp³-hybridized carbons (Fsp3) is 1.00. The molecule has 0 aromatic rings. The van der Waals surface area contributed by atoms with Gasteiger partial charge in [-0.3, -0.25) is 0 Å². The molecule has 0 aliphatic heterocycles. The van der Waals surface area contributed by atoms with Crippen LogP contribution in [0.1, 0.15) is 39.5 Å². The first-order chi connectivity index (χ1) is 7.81. The highest BCUT2D eigenvalue weighted by molar-refractivity contribution is 4.81. The zero-order chi connectivity index (χ0) is 11.8. The molecule has 3 heteroatoms. The molecule has 1 atom stereocenters. The van der Waals surface area contributed by atoms with Crippen LogP contribution in [0.15, 0.2) is 0 Å². The van der Waals surface area contributed by atoms with Crippen LogP contribution < -0.4 is 11.1 Å². The van der Waals surface area contributed by atoms with Crippen molar-refractivity contribution in [2.45, 2.75) is 45.6 Å². The van der Waals surface area contributed by atoms with Crippen LogP contribution in [0.3, 0.4) is 0 Å². The van der Waals surface area contributed by atoms with Crippen molar-refractivity contribution in [3.05, 3.63) is 0 Å². The molecule has 0 aromatic carbocycles. The van der Waals surface area contributed by atoms with E-state index in [1.807, 2.05) is 0 Å². The third kappa shape index (κ3) is 4.40. The fourth-order valence-corrected chi connectivity index (χ4v) is 2.75. The Morgan fingerprint density at radius 1 is 1.25 bits per heavy atom. The second-order valence-electron chi connectivity index (χ2n) is 4.87. The zero-order valence-electron chi connectivity index (χ0n) is 11.0. The van der Waals surface area contributed by atoms with Crippen LogP contribution in [0.4, 0.5) is 0 Å². The van der Waals surface area contributed by atoms with Gasteiger partial charge >= 0.3 is 0 Å². The van der Waals surface area contributed by atoms with Gasteiger partial charge < -0.3 is 16.0 Å². The molecule has 1 fully saturated rings. The Bertz CT molecular complexity index is 163. The van der Waals surface area contributed by atoms with Gasteiger partial charge in [-0.15, -0.1) is 0 Å². The summed E-state index contributed by atoms with van der Waals surface area (Å²) in [6, 6.07) is 0.554. The predicted molar refractivity (Wildman–Crippen MR) is 70.6 cm³/mol. The second kappa shape index (κ2) is 8.04. The molecule has 0 bridgehead atoms. The Balaban J connectivity index is 2.17. The fourth-order valence-electron chi connectivity index (χ4n) is 2.75. The van der Waals surface area contributed by atoms with Crippen LogP contribution in [0.25, 0.3) is 0 Å². The Kier molecular flexibility index (Phi) is 7.01. The average Bonchev–Trinajstić information content (AvgIpc) is 2.83. The first-order valence-corrected chi connectivity index (χ1v) is 6.97. The molecule has 0 spiro atoms. The number of nitrogens with zero attached hydrogens (tertiary/aromatic N) is 1. The molecule has 16 heavy (non-hydrogen) atoms. The molecule has 1 aliphatic rings. The van der Waals surface area contributed by atoms with Gasteiger partial charge in [0.25, 0.3) is 0 Å². The molecule has 1 aliphatic carbocycles. The molecule has 0 radical (unpaired) electrons. The molecule has 1 saturated carbocycles. The maximum absolute atomic E-state index is 5.86. The van der Waals surface area contributed by atoms with Gasteiger partial charge in [-0.2, -0.15) is 0 Å². The van der Waals surface area contributed by atoms with E-state index < -0.39 is 0 Å². The van der Waals surface area contributed by atoms with Crippen LogP contribution in [0.2, 0.25) is 0 Å². The Morgan fingerprint density at radius 2 is 1.88 bits per heavy atom. The highest BCUT2D eigenvalue weighted by Gasteiger charge is 2.23. The van der Waals surface area contributed by atoms with Crippen molar-refractivity contribution in [3.8, 4) is 0 Å². The lowest BCUT2D eigenvalue weighted by molar-refractivity contribution is 0.282. The van der Waals surface area contributed by atoms with E-state index >= 15 is 0 Å². The van der Waals surface area contributed by atoms with Crippen molar-refractivity contribution in [1.29, 1.82) is 0 Å². The molecule has 0 heterocycles. The molecule has 3 nitrogen and oxygen atoms in total. The number of nitrogens with one attached hydrogen (secondary N) is 1. The largest absolute Gasteiger partial charge is 0.329 e. The van der Waals surface area contributed by atoms with E-state index in [4.69, 9.17) is 5.73 Å². The minimum atomic E-state index is 0.554. The molecular formula is C13H29N3. The summed E-state index contributed by atoms with van der Waals surface area (Å²) in [4.78, 5) is 2.45. The second-order valence-corrected chi connectivity index (χ2v) is 4.87. The molecule has 0 amide bonds. The molecular weight excluding hydrogens is 198 g/mol. The lowest BCUT2D eigenvalue weighted by Crippen LogP contribution is -2.44. The van der Waals surface area contributed by atoms with Gasteiger partial charge in [0.1, 0.15) is 0 Å². The van der Waals surface area contributed by atoms with E-state index in [1.165, 1.54) is 25.7 Å². The quantitative estimate of drug-likeness (QED) is 0.659. The lowest BCUT2D eigenvalue weighted by Gasteiger charge is -2.25. The zero-order valence-corrected chi connectivity index (χ0v) is 11.0. The Morgan fingerprint density at radius 3 is 2.38 bits per heavy atom. The third-order valence-electron chi connectivity index (χ3n) is 3.95. The summed E-state index contributed by atoms with van der Waals surface area (Å²) in [5, 5.41) is 3.64. The van der Waals surface area contributed by atoms with E-state index in [0.717, 1.165) is 38.6 Å². The van der Waals surface area contributed by atoms with Crippen LogP contribution in [0, 0.1) is 5.92 Å². The SMILES string of the molecule is CCN(CC)CCNC(CN)C1CCCC1. The predicted octanol–water partition coefficient (Wildman–Crippen LogP) is 1.44. The number of hydrogen-bond donors (Lipinski definition) is 2. The monoisotopic (exact) mass is 227 g/mol. The van der Waals surface area contributed by atoms with E-state index in [2.05, 4.69) is 24.1 Å². The highest BCUT2D eigenvalue weighted by Crippen LogP contribution is 2.27. The van der Waals surface area contributed by atoms with Crippen molar-refractivity contribution >= 4 is 0 Å². The van der Waals surface area contributed by atoms with Gasteiger partial charge in [0.05, 0.1) is 0 Å². The Hall–Kier alpha value is -0.120. The number of likely N-dealkylation sites (N-methyl/N-ethyl adjacent to an activating group) is 1. The number of nitrogens with two attached hydrogens (primary N) is 1. The van der Waals surface area contributed by atoms with Gasteiger partial charge in [0, 0.05) is 25.7 Å². The normalized spacial score (nSPS) is 19.5. The average molecular weight is 227 g/mol. The first kappa shape index (κ1) is 13.9. The lowest BCUT2D eigenvalue weighted by atomic mass is 9.98. The molecule has 3 N–H and O–H groups in total. The minimum Gasteiger partial charge on any atom is -0.329 e. The molecule has 0 aromatic heterocycles. The summed E-state index contributed by atoms with van der Waals surface area (Å²) in [5.41, 5.74) is 5.86. The van der Waals surface area contributed by atoms with Crippen molar-refractivity contribution < 1.29 is 0 Å². The van der Waals surface area contributed by atoms with Crippen molar-refractivity contribution in [3.63, 3.8) is 0 Å². The maximum atomic E-state index is 5.86. The van der Waals surface area contributed by atoms with Crippen LogP contribution in [-0.2, 0) is 0 Å². The summed E-state index contributed by atoms with van der Waals surface area (Å²) in [7, 11) is 0. The van der Waals surface area contributed by atoms with E-state index in [-0.39, 0.29) is 0 Å². The van der Waals surface area contributed by atoms with Crippen molar-refractivity contribution in [2.75, 3.05) is 32.7 Å². The van der Waals surface area contributed by atoms with Crippen LogP contribution in [0.5, 0.6) is 0 Å². The van der Waals surface area contributed by atoms with Crippen molar-refractivity contribution in [1.82, 2.24) is 10.2 Å². The molecule has 0 saturated heterocycles. The summed E-state index contributed by atoms with van der Waals surface area (Å²) in [5.74, 6) is 0.835. The van der Waals surface area contributed by atoms with Crippen molar-refractivity contribution in [2.24, 2.45) is 11.7 Å². The maximum Gasteiger partial charge on any atom is 0.0219 e. The van der Waals surface area contributed by atoms with E-state index in [9.17, 15) is 0 Å². The van der Waals surface area contributed by atoms with E-state index in [1.54, 1.807) is 0 Å². The van der Waals surface area contributed by atoms with Gasteiger partial charge in [-0.25, -0.2) is 0 Å². The van der Waals surface area contributed by atoms with Gasteiger partial charge in [0.2, 0.25) is 0 Å². The van der Waals surface area contributed by atoms with Gasteiger partial charge in [-0.1, -0.05) is 26.7 Å². The van der Waals surface area contributed by atoms with E-state index in [0.29, 0.717) is 6.04 Å². The summed E-state index contributed by atoms with van der Waals surface area (Å²) in [6.45, 7) is 9.77. The number of rotatable bonds is 8. The smallest absolute Gasteiger partial charge is 0.0219 e. The summed E-state index contributed by atoms with van der Waals surface area (Å²) >= 11 is 0. The van der Waals surface area contributed by atoms with Gasteiger partial charge in [-0.05, 0) is 31.8 Å². The molecule has 1 rings (SSSR count). The minimum absolute atomic E-state index is 0.554. The van der Waals surface area contributed by atoms with Crippen LogP contribution in [-0.4, -0.2) is 43.7 Å². The topological polar surface area (TPSA) is 41.3 Å². The summed E-state index contributed by atoms with van der Waals surface area (Å²) < 4.78 is 0. The van der Waals surface area contributed by atoms with Gasteiger partial charge in [0.15, 0.2) is 0 Å². The Labute approximate surface area is 101 Å².